The van der Waals surface area contributed by atoms with Gasteiger partial charge in [0.15, 0.2) is 5.58 Å². The van der Waals surface area contributed by atoms with Gasteiger partial charge in [-0.15, -0.1) is 0 Å². The summed E-state index contributed by atoms with van der Waals surface area (Å²) in [5, 5.41) is 1.79. The Balaban J connectivity index is 2.37. The van der Waals surface area contributed by atoms with E-state index in [1.807, 2.05) is 0 Å². The number of halogens is 2. The lowest BCUT2D eigenvalue weighted by molar-refractivity contribution is 0.638. The molecule has 6 heteroatoms. The second-order valence-electron chi connectivity index (χ2n) is 4.04. The van der Waals surface area contributed by atoms with Crippen molar-refractivity contribution in [1.29, 1.82) is 0 Å². The number of nitrogens with two attached hydrogens (primary N) is 2. The second-order valence-corrected chi connectivity index (χ2v) is 4.88. The Morgan fingerprint density at radius 2 is 1.89 bits per heavy atom. The third kappa shape index (κ3) is 1.89. The van der Waals surface area contributed by atoms with Gasteiger partial charge in [0.05, 0.1) is 5.02 Å². The van der Waals surface area contributed by atoms with Crippen LogP contribution in [-0.4, -0.2) is 4.98 Å². The number of hydrogen-bond donors (Lipinski definition) is 2. The number of benzene rings is 1. The molecule has 0 spiro atoms. The van der Waals surface area contributed by atoms with Gasteiger partial charge in [-0.2, -0.15) is 0 Å². The molecule has 0 fully saturated rings. The summed E-state index contributed by atoms with van der Waals surface area (Å²) in [6.07, 6.45) is 1.63. The van der Waals surface area contributed by atoms with Crippen LogP contribution in [0.2, 0.25) is 10.0 Å². The smallest absolute Gasteiger partial charge is 0.214 e. The second kappa shape index (κ2) is 4.33. The zero-order valence-corrected chi connectivity index (χ0v) is 11.2. The first kappa shape index (κ1) is 12.1. The Hall–Kier alpha value is -1.91. The maximum atomic E-state index is 6.17. The van der Waals surface area contributed by atoms with E-state index in [1.165, 1.54) is 0 Å². The van der Waals surface area contributed by atoms with Crippen molar-refractivity contribution in [3.8, 4) is 11.3 Å². The first-order valence-corrected chi connectivity index (χ1v) is 6.21. The normalized spacial score (nSPS) is 11.1. The fourth-order valence-electron chi connectivity index (χ4n) is 1.93. The highest BCUT2D eigenvalue weighted by Gasteiger charge is 2.16. The highest BCUT2D eigenvalue weighted by molar-refractivity contribution is 6.35. The topological polar surface area (TPSA) is 78.1 Å². The molecule has 3 aromatic rings. The monoisotopic (exact) mass is 293 g/mol. The average Bonchev–Trinajstić information content (AvgIpc) is 2.69. The van der Waals surface area contributed by atoms with E-state index in [2.05, 4.69) is 4.98 Å². The molecule has 0 saturated heterocycles. The van der Waals surface area contributed by atoms with Gasteiger partial charge in [-0.3, -0.25) is 4.98 Å². The molecule has 3 rings (SSSR count). The van der Waals surface area contributed by atoms with Crippen LogP contribution in [0.1, 0.15) is 0 Å². The van der Waals surface area contributed by atoms with Crippen molar-refractivity contribution in [1.82, 2.24) is 4.98 Å². The molecule has 2 heterocycles. The van der Waals surface area contributed by atoms with E-state index in [-0.39, 0.29) is 5.88 Å². The molecule has 4 nitrogen and oxygen atoms in total. The van der Waals surface area contributed by atoms with Crippen LogP contribution in [-0.2, 0) is 0 Å². The summed E-state index contributed by atoms with van der Waals surface area (Å²) in [5.41, 5.74) is 13.7. The van der Waals surface area contributed by atoms with Gasteiger partial charge >= 0.3 is 0 Å². The molecular weight excluding hydrogens is 285 g/mol. The highest BCUT2D eigenvalue weighted by atomic mass is 35.5. The number of pyridine rings is 1. The molecule has 0 atom stereocenters. The maximum Gasteiger partial charge on any atom is 0.214 e. The van der Waals surface area contributed by atoms with Crippen LogP contribution in [0.4, 0.5) is 11.6 Å². The molecule has 0 aliphatic heterocycles. The third-order valence-corrected chi connectivity index (χ3v) is 3.42. The number of fused-ring (bicyclic) bond motifs is 1. The number of nitrogens with zero attached hydrogens (tertiary/aromatic N) is 1. The molecule has 0 aliphatic rings. The number of anilines is 2. The molecular formula is C13H9Cl2N3O. The number of aromatic nitrogens is 1. The van der Waals surface area contributed by atoms with Crippen molar-refractivity contribution in [2.45, 2.75) is 0 Å². The maximum absolute atomic E-state index is 6.17. The molecule has 0 amide bonds. The molecule has 0 radical (unpaired) electrons. The van der Waals surface area contributed by atoms with Crippen molar-refractivity contribution in [3.05, 3.63) is 40.5 Å². The minimum atomic E-state index is 0.169. The summed E-state index contributed by atoms with van der Waals surface area (Å²) in [7, 11) is 0. The first-order chi connectivity index (χ1) is 9.08. The van der Waals surface area contributed by atoms with Gasteiger partial charge < -0.3 is 15.9 Å². The minimum absolute atomic E-state index is 0.169. The number of hydrogen-bond acceptors (Lipinski definition) is 4. The molecule has 19 heavy (non-hydrogen) atoms. The Morgan fingerprint density at radius 1 is 1.11 bits per heavy atom. The molecule has 0 saturated carbocycles. The Bertz CT molecular complexity index is 783. The molecule has 0 bridgehead atoms. The SMILES string of the molecule is Nc1oc2c(-c3cc(Cl)ccc3Cl)nccc2c1N. The van der Waals surface area contributed by atoms with E-state index in [9.17, 15) is 0 Å². The number of nitrogen functional groups attached to an aromatic ring is 2. The Kier molecular flexibility index (Phi) is 2.77. The predicted octanol–water partition coefficient (Wildman–Crippen LogP) is 3.97. The fraction of sp³-hybridized carbons (Fsp3) is 0. The van der Waals surface area contributed by atoms with E-state index < -0.39 is 0 Å². The number of furan rings is 1. The summed E-state index contributed by atoms with van der Waals surface area (Å²) in [6.45, 7) is 0. The average molecular weight is 294 g/mol. The van der Waals surface area contributed by atoms with Crippen LogP contribution in [0.3, 0.4) is 0 Å². The van der Waals surface area contributed by atoms with E-state index >= 15 is 0 Å². The molecule has 4 N–H and O–H groups in total. The minimum Gasteiger partial charge on any atom is -0.436 e. The van der Waals surface area contributed by atoms with Crippen LogP contribution in [0.5, 0.6) is 0 Å². The van der Waals surface area contributed by atoms with Gasteiger partial charge in [0.1, 0.15) is 11.4 Å². The van der Waals surface area contributed by atoms with Crippen molar-refractivity contribution >= 4 is 45.7 Å². The van der Waals surface area contributed by atoms with Crippen molar-refractivity contribution in [2.75, 3.05) is 11.5 Å². The van der Waals surface area contributed by atoms with E-state index in [0.29, 0.717) is 38.0 Å². The number of rotatable bonds is 1. The van der Waals surface area contributed by atoms with Gasteiger partial charge in [0.2, 0.25) is 5.88 Å². The lowest BCUT2D eigenvalue weighted by atomic mass is 10.1. The zero-order valence-electron chi connectivity index (χ0n) is 9.65. The predicted molar refractivity (Wildman–Crippen MR) is 78.3 cm³/mol. The molecule has 0 unspecified atom stereocenters. The molecule has 2 aromatic heterocycles. The van der Waals surface area contributed by atoms with Crippen LogP contribution in [0.15, 0.2) is 34.9 Å². The van der Waals surface area contributed by atoms with E-state index in [4.69, 9.17) is 39.1 Å². The molecule has 0 aliphatic carbocycles. The zero-order chi connectivity index (χ0) is 13.6. The lowest BCUT2D eigenvalue weighted by Crippen LogP contribution is -1.89. The summed E-state index contributed by atoms with van der Waals surface area (Å²) >= 11 is 12.2. The Labute approximate surface area is 118 Å². The van der Waals surface area contributed by atoms with Crippen LogP contribution >= 0.6 is 23.2 Å². The first-order valence-electron chi connectivity index (χ1n) is 5.46. The van der Waals surface area contributed by atoms with E-state index in [0.717, 1.165) is 0 Å². The third-order valence-electron chi connectivity index (χ3n) is 2.86. The summed E-state index contributed by atoms with van der Waals surface area (Å²) in [6, 6.07) is 6.88. The van der Waals surface area contributed by atoms with Gasteiger partial charge in [-0.1, -0.05) is 23.2 Å². The quantitative estimate of drug-likeness (QED) is 0.712. The van der Waals surface area contributed by atoms with E-state index in [1.54, 1.807) is 30.5 Å². The van der Waals surface area contributed by atoms with Gasteiger partial charge in [0.25, 0.3) is 0 Å². The van der Waals surface area contributed by atoms with Gasteiger partial charge in [-0.25, -0.2) is 0 Å². The molecule has 1 aromatic carbocycles. The largest absolute Gasteiger partial charge is 0.436 e. The lowest BCUT2D eigenvalue weighted by Gasteiger charge is -2.04. The highest BCUT2D eigenvalue weighted by Crippen LogP contribution is 2.38. The summed E-state index contributed by atoms with van der Waals surface area (Å²) in [4.78, 5) is 4.29. The molecule has 96 valence electrons. The van der Waals surface area contributed by atoms with Crippen LogP contribution < -0.4 is 11.5 Å². The summed E-state index contributed by atoms with van der Waals surface area (Å²) < 4.78 is 5.47. The van der Waals surface area contributed by atoms with Crippen molar-refractivity contribution in [3.63, 3.8) is 0 Å². The van der Waals surface area contributed by atoms with Crippen molar-refractivity contribution in [2.24, 2.45) is 0 Å². The van der Waals surface area contributed by atoms with Crippen molar-refractivity contribution < 1.29 is 4.42 Å². The van der Waals surface area contributed by atoms with Crippen LogP contribution in [0, 0.1) is 0 Å². The standard InChI is InChI=1S/C13H9Cl2N3O/c14-6-1-2-9(15)8(5-6)11-12-7(3-4-18-11)10(16)13(17)19-12/h1-5H,16-17H2. The fourth-order valence-corrected chi connectivity index (χ4v) is 2.31. The summed E-state index contributed by atoms with van der Waals surface area (Å²) in [5.74, 6) is 0.169. The van der Waals surface area contributed by atoms with Gasteiger partial charge in [-0.05, 0) is 24.3 Å². The Morgan fingerprint density at radius 3 is 2.68 bits per heavy atom. The van der Waals surface area contributed by atoms with Crippen LogP contribution in [0.25, 0.3) is 22.2 Å². The van der Waals surface area contributed by atoms with Gasteiger partial charge in [0, 0.05) is 22.2 Å².